The van der Waals surface area contributed by atoms with Crippen LogP contribution in [0.3, 0.4) is 0 Å². The maximum atomic E-state index is 10.4. The van der Waals surface area contributed by atoms with Crippen molar-refractivity contribution in [2.75, 3.05) is 12.4 Å². The quantitative estimate of drug-likeness (QED) is 0.472. The van der Waals surface area contributed by atoms with Gasteiger partial charge in [-0.1, -0.05) is 42.5 Å². The Balaban J connectivity index is 1.82. The van der Waals surface area contributed by atoms with Gasteiger partial charge in [-0.3, -0.25) is 0 Å². The molecule has 0 aliphatic carbocycles. The summed E-state index contributed by atoms with van der Waals surface area (Å²) in [4.78, 5) is 0. The van der Waals surface area contributed by atoms with E-state index in [-0.39, 0.29) is 0 Å². The van der Waals surface area contributed by atoms with Gasteiger partial charge in [0, 0.05) is 0 Å². The molecule has 0 radical (unpaired) electrons. The molecule has 28 heavy (non-hydrogen) atoms. The zero-order chi connectivity index (χ0) is 20.3. The van der Waals surface area contributed by atoms with E-state index < -0.39 is 37.1 Å². The highest BCUT2D eigenvalue weighted by molar-refractivity contribution is 7.80. The Morgan fingerprint density at radius 2 is 1.61 bits per heavy atom. The minimum Gasteiger partial charge on any atom is -0.394 e. The van der Waals surface area contributed by atoms with Crippen LogP contribution < -0.4 is 0 Å². The lowest BCUT2D eigenvalue weighted by atomic mass is 9.89. The van der Waals surface area contributed by atoms with Crippen LogP contribution >= 0.6 is 12.6 Å². The highest BCUT2D eigenvalue weighted by Gasteiger charge is 2.43. The average Bonchev–Trinajstić information content (AvgIpc) is 2.70. The van der Waals surface area contributed by atoms with Crippen molar-refractivity contribution in [3.05, 3.63) is 70.3 Å². The summed E-state index contributed by atoms with van der Waals surface area (Å²) in [6, 6.07) is 14.2. The SMILES string of the molecule is Cc1ccc([C@@H]2O[C@H](CO)[C@@H](O)[C@H](O)[C@H]2O)cc1Cc1ccc(CCS)cc1. The summed E-state index contributed by atoms with van der Waals surface area (Å²) in [5.74, 6) is 0.819. The molecule has 0 unspecified atom stereocenters. The number of aliphatic hydroxyl groups is 4. The molecule has 3 rings (SSSR count). The average molecular weight is 405 g/mol. The number of hydrogen-bond acceptors (Lipinski definition) is 6. The van der Waals surface area contributed by atoms with Crippen LogP contribution in [-0.2, 0) is 17.6 Å². The number of hydrogen-bond donors (Lipinski definition) is 5. The van der Waals surface area contributed by atoms with Gasteiger partial charge >= 0.3 is 0 Å². The zero-order valence-corrected chi connectivity index (χ0v) is 16.8. The summed E-state index contributed by atoms with van der Waals surface area (Å²) >= 11 is 4.26. The molecule has 0 amide bonds. The van der Waals surface area contributed by atoms with Crippen molar-refractivity contribution in [3.63, 3.8) is 0 Å². The second kappa shape index (κ2) is 9.39. The molecule has 5 nitrogen and oxygen atoms in total. The molecule has 0 spiro atoms. The first kappa shape index (κ1) is 21.3. The van der Waals surface area contributed by atoms with E-state index >= 15 is 0 Å². The summed E-state index contributed by atoms with van der Waals surface area (Å²) in [6.07, 6.45) is -4.04. The van der Waals surface area contributed by atoms with Gasteiger partial charge in [0.15, 0.2) is 0 Å². The molecule has 0 bridgehead atoms. The fourth-order valence-corrected chi connectivity index (χ4v) is 3.87. The molecular weight excluding hydrogens is 376 g/mol. The molecule has 0 aromatic heterocycles. The highest BCUT2D eigenvalue weighted by Crippen LogP contribution is 2.33. The lowest BCUT2D eigenvalue weighted by molar-refractivity contribution is -0.231. The fourth-order valence-electron chi connectivity index (χ4n) is 3.61. The molecule has 1 saturated heterocycles. The van der Waals surface area contributed by atoms with Gasteiger partial charge in [0.1, 0.15) is 30.5 Å². The van der Waals surface area contributed by atoms with Crippen molar-refractivity contribution in [2.24, 2.45) is 0 Å². The monoisotopic (exact) mass is 404 g/mol. The predicted octanol–water partition coefficient (Wildman–Crippen LogP) is 1.57. The van der Waals surface area contributed by atoms with Crippen LogP contribution in [0.5, 0.6) is 0 Å². The van der Waals surface area contributed by atoms with Gasteiger partial charge in [-0.05, 0) is 53.3 Å². The number of thiol groups is 1. The number of rotatable bonds is 6. The van der Waals surface area contributed by atoms with Crippen molar-refractivity contribution < 1.29 is 25.2 Å². The maximum Gasteiger partial charge on any atom is 0.113 e. The first-order valence-electron chi connectivity index (χ1n) is 9.53. The van der Waals surface area contributed by atoms with Crippen molar-refractivity contribution in [1.82, 2.24) is 0 Å². The second-order valence-electron chi connectivity index (χ2n) is 7.40. The van der Waals surface area contributed by atoms with Crippen molar-refractivity contribution in [3.8, 4) is 0 Å². The molecule has 0 saturated carbocycles. The van der Waals surface area contributed by atoms with E-state index in [9.17, 15) is 20.4 Å². The highest BCUT2D eigenvalue weighted by atomic mass is 32.1. The van der Waals surface area contributed by atoms with Crippen LogP contribution in [0.1, 0.15) is 33.9 Å². The predicted molar refractivity (Wildman–Crippen MR) is 111 cm³/mol. The van der Waals surface area contributed by atoms with E-state index in [2.05, 4.69) is 36.9 Å². The Hall–Kier alpha value is -1.41. The van der Waals surface area contributed by atoms with Gasteiger partial charge < -0.3 is 25.2 Å². The molecule has 1 fully saturated rings. The first-order chi connectivity index (χ1) is 13.4. The van der Waals surface area contributed by atoms with Crippen molar-refractivity contribution >= 4 is 12.6 Å². The van der Waals surface area contributed by atoms with Gasteiger partial charge in [-0.25, -0.2) is 0 Å². The number of aryl methyl sites for hydroxylation is 2. The lowest BCUT2D eigenvalue weighted by Gasteiger charge is -2.40. The number of ether oxygens (including phenoxy) is 1. The van der Waals surface area contributed by atoms with E-state index in [4.69, 9.17) is 4.74 Å². The molecule has 152 valence electrons. The minimum atomic E-state index is -1.37. The van der Waals surface area contributed by atoms with Crippen LogP contribution in [-0.4, -0.2) is 57.2 Å². The van der Waals surface area contributed by atoms with Gasteiger partial charge in [-0.15, -0.1) is 0 Å². The van der Waals surface area contributed by atoms with Crippen molar-refractivity contribution in [2.45, 2.75) is 50.3 Å². The summed E-state index contributed by atoms with van der Waals surface area (Å²) in [7, 11) is 0. The largest absolute Gasteiger partial charge is 0.394 e. The van der Waals surface area contributed by atoms with Crippen LogP contribution in [0, 0.1) is 6.92 Å². The van der Waals surface area contributed by atoms with Gasteiger partial charge in [0.25, 0.3) is 0 Å². The van der Waals surface area contributed by atoms with Crippen LogP contribution in [0.4, 0.5) is 0 Å². The Bertz CT molecular complexity index is 777. The van der Waals surface area contributed by atoms with Crippen molar-refractivity contribution in [1.29, 1.82) is 0 Å². The maximum absolute atomic E-state index is 10.4. The Labute approximate surface area is 171 Å². The third kappa shape index (κ3) is 4.59. The second-order valence-corrected chi connectivity index (χ2v) is 7.85. The summed E-state index contributed by atoms with van der Waals surface area (Å²) < 4.78 is 5.69. The molecule has 2 aromatic rings. The molecule has 5 atom stereocenters. The zero-order valence-electron chi connectivity index (χ0n) is 15.9. The van der Waals surface area contributed by atoms with Gasteiger partial charge in [0.05, 0.1) is 6.61 Å². The lowest BCUT2D eigenvalue weighted by Crippen LogP contribution is -2.55. The smallest absolute Gasteiger partial charge is 0.113 e. The number of aliphatic hydroxyl groups excluding tert-OH is 4. The van der Waals surface area contributed by atoms with E-state index in [1.807, 2.05) is 25.1 Å². The Kier molecular flexibility index (Phi) is 7.15. The first-order valence-corrected chi connectivity index (χ1v) is 10.2. The normalized spacial score (nSPS) is 27.7. The van der Waals surface area contributed by atoms with Crippen LogP contribution in [0.2, 0.25) is 0 Å². The molecule has 1 aliphatic heterocycles. The fraction of sp³-hybridized carbons (Fsp3) is 0.455. The minimum absolute atomic E-state index is 0.432. The summed E-state index contributed by atoms with van der Waals surface area (Å²) in [5, 5.41) is 39.8. The molecule has 6 heteroatoms. The summed E-state index contributed by atoms with van der Waals surface area (Å²) in [5.41, 5.74) is 5.36. The Morgan fingerprint density at radius 1 is 0.929 bits per heavy atom. The Morgan fingerprint density at radius 3 is 2.25 bits per heavy atom. The van der Waals surface area contributed by atoms with Crippen LogP contribution in [0.25, 0.3) is 0 Å². The van der Waals surface area contributed by atoms with E-state index in [0.29, 0.717) is 5.56 Å². The third-order valence-electron chi connectivity index (χ3n) is 5.41. The van der Waals surface area contributed by atoms with Crippen LogP contribution in [0.15, 0.2) is 42.5 Å². The summed E-state index contributed by atoms with van der Waals surface area (Å²) in [6.45, 7) is 1.60. The van der Waals surface area contributed by atoms with E-state index in [1.54, 1.807) is 0 Å². The topological polar surface area (TPSA) is 90.2 Å². The third-order valence-corrected chi connectivity index (χ3v) is 5.64. The van der Waals surface area contributed by atoms with Gasteiger partial charge in [0.2, 0.25) is 0 Å². The molecule has 2 aromatic carbocycles. The molecule has 4 N–H and O–H groups in total. The van der Waals surface area contributed by atoms with Gasteiger partial charge in [-0.2, -0.15) is 12.6 Å². The number of benzene rings is 2. The van der Waals surface area contributed by atoms with E-state index in [1.165, 1.54) is 11.1 Å². The molecule has 1 heterocycles. The van der Waals surface area contributed by atoms with E-state index in [0.717, 1.165) is 29.7 Å². The molecule has 1 aliphatic rings. The standard InChI is InChI=1S/C22H28O5S/c1-13-2-7-16(22-21(26)20(25)19(24)18(12-23)27-22)11-17(13)10-15-5-3-14(4-6-15)8-9-28/h2-7,11,18-26,28H,8-10,12H2,1H3/t18-,19-,20+,21-,22+/m1/s1. The molecular formula is C22H28O5S.